The molecule has 1 unspecified atom stereocenters. The number of nitrogens with zero attached hydrogens (tertiary/aromatic N) is 2. The Bertz CT molecular complexity index is 636. The maximum atomic E-state index is 12.6. The highest BCUT2D eigenvalue weighted by molar-refractivity contribution is 5.99. The van der Waals surface area contributed by atoms with Crippen LogP contribution in [-0.4, -0.2) is 35.7 Å². The summed E-state index contributed by atoms with van der Waals surface area (Å²) in [6.07, 6.45) is 6.67. The van der Waals surface area contributed by atoms with Gasteiger partial charge in [0, 0.05) is 19.3 Å². The molecule has 2 aromatic rings. The lowest BCUT2D eigenvalue weighted by molar-refractivity contribution is 0.0907. The summed E-state index contributed by atoms with van der Waals surface area (Å²) in [4.78, 5) is 19.2. The van der Waals surface area contributed by atoms with Crippen LogP contribution in [0.2, 0.25) is 0 Å². The molecule has 1 aliphatic heterocycles. The lowest BCUT2D eigenvalue weighted by Gasteiger charge is -2.29. The van der Waals surface area contributed by atoms with Gasteiger partial charge in [-0.15, -0.1) is 0 Å². The van der Waals surface area contributed by atoms with Crippen LogP contribution in [0.5, 0.6) is 0 Å². The zero-order valence-electron chi connectivity index (χ0n) is 12.9. The van der Waals surface area contributed by atoms with Crippen molar-refractivity contribution in [3.05, 3.63) is 48.0 Å². The third kappa shape index (κ3) is 3.53. The molecule has 3 rings (SSSR count). The second kappa shape index (κ2) is 7.28. The van der Waals surface area contributed by atoms with E-state index in [4.69, 9.17) is 4.42 Å². The van der Waals surface area contributed by atoms with Crippen LogP contribution in [0.25, 0.3) is 0 Å². The SMILES string of the molecule is O=C(NC(CO)c1ccco1)c1cccnc1N1CCCCC1. The number of aliphatic hydroxyl groups is 1. The first-order valence-corrected chi connectivity index (χ1v) is 7.94. The van der Waals surface area contributed by atoms with Crippen LogP contribution in [0.4, 0.5) is 5.82 Å². The van der Waals surface area contributed by atoms with Gasteiger partial charge in [-0.05, 0) is 43.5 Å². The molecule has 0 aromatic carbocycles. The van der Waals surface area contributed by atoms with Crippen LogP contribution in [0.3, 0.4) is 0 Å². The van der Waals surface area contributed by atoms with Gasteiger partial charge in [0.15, 0.2) is 0 Å². The minimum Gasteiger partial charge on any atom is -0.467 e. The summed E-state index contributed by atoms with van der Waals surface area (Å²) in [5, 5.41) is 12.3. The summed E-state index contributed by atoms with van der Waals surface area (Å²) in [5.41, 5.74) is 0.527. The Morgan fingerprint density at radius 2 is 2.13 bits per heavy atom. The highest BCUT2D eigenvalue weighted by Gasteiger charge is 2.22. The van der Waals surface area contributed by atoms with Crippen molar-refractivity contribution in [2.45, 2.75) is 25.3 Å². The number of piperidine rings is 1. The Hall–Kier alpha value is -2.34. The van der Waals surface area contributed by atoms with Gasteiger partial charge in [-0.25, -0.2) is 4.98 Å². The van der Waals surface area contributed by atoms with E-state index < -0.39 is 6.04 Å². The van der Waals surface area contributed by atoms with Crippen molar-refractivity contribution in [1.29, 1.82) is 0 Å². The van der Waals surface area contributed by atoms with Crippen molar-refractivity contribution < 1.29 is 14.3 Å². The predicted molar refractivity (Wildman–Crippen MR) is 86.3 cm³/mol. The Balaban J connectivity index is 1.79. The summed E-state index contributed by atoms with van der Waals surface area (Å²) in [6.45, 7) is 1.61. The Morgan fingerprint density at radius 3 is 2.83 bits per heavy atom. The molecule has 1 fully saturated rings. The summed E-state index contributed by atoms with van der Waals surface area (Å²) in [6, 6.07) is 6.42. The molecule has 2 aromatic heterocycles. The van der Waals surface area contributed by atoms with Crippen LogP contribution in [0.1, 0.15) is 41.4 Å². The number of rotatable bonds is 5. The quantitative estimate of drug-likeness (QED) is 0.883. The number of furan rings is 1. The second-order valence-corrected chi connectivity index (χ2v) is 5.65. The first kappa shape index (κ1) is 15.6. The molecule has 3 heterocycles. The molecular formula is C17H21N3O3. The van der Waals surface area contributed by atoms with Gasteiger partial charge in [-0.2, -0.15) is 0 Å². The molecule has 0 bridgehead atoms. The van der Waals surface area contributed by atoms with Gasteiger partial charge in [0.1, 0.15) is 17.6 Å². The van der Waals surface area contributed by atoms with E-state index in [-0.39, 0.29) is 12.5 Å². The third-order valence-corrected chi connectivity index (χ3v) is 4.06. The average Bonchev–Trinajstić information content (AvgIpc) is 3.14. The number of hydrogen-bond acceptors (Lipinski definition) is 5. The van der Waals surface area contributed by atoms with Crippen molar-refractivity contribution >= 4 is 11.7 Å². The number of anilines is 1. The van der Waals surface area contributed by atoms with Gasteiger partial charge in [0.05, 0.1) is 18.4 Å². The smallest absolute Gasteiger partial charge is 0.255 e. The molecule has 1 saturated heterocycles. The van der Waals surface area contributed by atoms with E-state index in [0.29, 0.717) is 17.1 Å². The molecule has 1 atom stereocenters. The summed E-state index contributed by atoms with van der Waals surface area (Å²) in [7, 11) is 0. The minimum atomic E-state index is -0.563. The molecular weight excluding hydrogens is 294 g/mol. The first-order chi connectivity index (χ1) is 11.3. The highest BCUT2D eigenvalue weighted by Crippen LogP contribution is 2.22. The largest absolute Gasteiger partial charge is 0.467 e. The Labute approximate surface area is 135 Å². The van der Waals surface area contributed by atoms with Crippen molar-refractivity contribution in [2.75, 3.05) is 24.6 Å². The maximum Gasteiger partial charge on any atom is 0.255 e. The first-order valence-electron chi connectivity index (χ1n) is 7.94. The van der Waals surface area contributed by atoms with Crippen molar-refractivity contribution in [3.8, 4) is 0 Å². The van der Waals surface area contributed by atoms with Gasteiger partial charge in [-0.1, -0.05) is 0 Å². The van der Waals surface area contributed by atoms with Crippen molar-refractivity contribution in [1.82, 2.24) is 10.3 Å². The molecule has 0 spiro atoms. The molecule has 1 aliphatic rings. The second-order valence-electron chi connectivity index (χ2n) is 5.65. The van der Waals surface area contributed by atoms with Crippen molar-refractivity contribution in [2.24, 2.45) is 0 Å². The Morgan fingerprint density at radius 1 is 1.30 bits per heavy atom. The van der Waals surface area contributed by atoms with E-state index in [1.807, 2.05) is 0 Å². The van der Waals surface area contributed by atoms with Gasteiger partial charge in [0.2, 0.25) is 0 Å². The van der Waals surface area contributed by atoms with Gasteiger partial charge < -0.3 is 19.7 Å². The number of aromatic nitrogens is 1. The fourth-order valence-corrected chi connectivity index (χ4v) is 2.86. The summed E-state index contributed by atoms with van der Waals surface area (Å²) >= 11 is 0. The normalized spacial score (nSPS) is 16.1. The van der Waals surface area contributed by atoms with E-state index in [0.717, 1.165) is 25.9 Å². The van der Waals surface area contributed by atoms with Gasteiger partial charge in [0.25, 0.3) is 5.91 Å². The van der Waals surface area contributed by atoms with E-state index in [1.54, 1.807) is 30.5 Å². The zero-order valence-corrected chi connectivity index (χ0v) is 12.9. The number of carbonyl (C=O) groups excluding carboxylic acids is 1. The van der Waals surface area contributed by atoms with Crippen LogP contribution in [0.15, 0.2) is 41.1 Å². The lowest BCUT2D eigenvalue weighted by atomic mass is 10.1. The van der Waals surface area contributed by atoms with Crippen LogP contribution < -0.4 is 10.2 Å². The summed E-state index contributed by atoms with van der Waals surface area (Å²) in [5.74, 6) is 0.985. The number of hydrogen-bond donors (Lipinski definition) is 2. The molecule has 0 aliphatic carbocycles. The number of nitrogens with one attached hydrogen (secondary N) is 1. The van der Waals surface area contributed by atoms with Crippen LogP contribution in [0, 0.1) is 0 Å². The van der Waals surface area contributed by atoms with E-state index in [2.05, 4.69) is 15.2 Å². The predicted octanol–water partition coefficient (Wildman–Crippen LogP) is 2.13. The molecule has 1 amide bonds. The molecule has 2 N–H and O–H groups in total. The number of carbonyl (C=O) groups is 1. The third-order valence-electron chi connectivity index (χ3n) is 4.06. The fraction of sp³-hybridized carbons (Fsp3) is 0.412. The Kier molecular flexibility index (Phi) is 4.92. The highest BCUT2D eigenvalue weighted by atomic mass is 16.3. The molecule has 122 valence electrons. The fourth-order valence-electron chi connectivity index (χ4n) is 2.86. The standard InChI is InChI=1S/C17H21N3O3/c21-12-14(15-7-5-11-23-15)19-17(22)13-6-4-8-18-16(13)20-9-2-1-3-10-20/h4-8,11,14,21H,1-3,9-10,12H2,(H,19,22). The number of pyridine rings is 1. The van der Waals surface area contributed by atoms with Gasteiger partial charge in [-0.3, -0.25) is 4.79 Å². The molecule has 6 nitrogen and oxygen atoms in total. The number of aliphatic hydroxyl groups excluding tert-OH is 1. The monoisotopic (exact) mass is 315 g/mol. The van der Waals surface area contributed by atoms with Gasteiger partial charge >= 0.3 is 0 Å². The van der Waals surface area contributed by atoms with E-state index in [1.165, 1.54) is 12.7 Å². The minimum absolute atomic E-state index is 0.224. The number of amides is 1. The molecule has 23 heavy (non-hydrogen) atoms. The molecule has 0 saturated carbocycles. The topological polar surface area (TPSA) is 78.6 Å². The van der Waals surface area contributed by atoms with Crippen LogP contribution in [-0.2, 0) is 0 Å². The molecule has 6 heteroatoms. The van der Waals surface area contributed by atoms with E-state index >= 15 is 0 Å². The van der Waals surface area contributed by atoms with E-state index in [9.17, 15) is 9.90 Å². The van der Waals surface area contributed by atoms with Crippen LogP contribution >= 0.6 is 0 Å². The molecule has 0 radical (unpaired) electrons. The average molecular weight is 315 g/mol. The zero-order chi connectivity index (χ0) is 16.1. The summed E-state index contributed by atoms with van der Waals surface area (Å²) < 4.78 is 5.27. The van der Waals surface area contributed by atoms with Crippen molar-refractivity contribution in [3.63, 3.8) is 0 Å². The maximum absolute atomic E-state index is 12.6. The lowest BCUT2D eigenvalue weighted by Crippen LogP contribution is -2.35.